The fourth-order valence-corrected chi connectivity index (χ4v) is 2.09. The van der Waals surface area contributed by atoms with E-state index in [0.717, 1.165) is 5.56 Å². The van der Waals surface area contributed by atoms with Gasteiger partial charge in [0.15, 0.2) is 0 Å². The number of nitrogens with zero attached hydrogens (tertiary/aromatic N) is 1. The molecule has 1 fully saturated rings. The summed E-state index contributed by atoms with van der Waals surface area (Å²) in [5.41, 5.74) is 1.41. The highest BCUT2D eigenvalue weighted by Gasteiger charge is 2.47. The molecule has 1 aliphatic carbocycles. The van der Waals surface area contributed by atoms with Crippen LogP contribution in [0.15, 0.2) is 18.2 Å². The summed E-state index contributed by atoms with van der Waals surface area (Å²) in [7, 11) is 0. The normalized spacial score (nSPS) is 22.8. The quantitative estimate of drug-likeness (QED) is 0.626. The molecule has 2 unspecified atom stereocenters. The summed E-state index contributed by atoms with van der Waals surface area (Å²) in [5.74, 6) is -1.53. The van der Waals surface area contributed by atoms with Crippen molar-refractivity contribution in [3.05, 3.63) is 39.4 Å². The molecule has 0 bridgehead atoms. The first kappa shape index (κ1) is 10.6. The number of rotatable bonds is 3. The minimum atomic E-state index is -0.873. The molecule has 0 aromatic heterocycles. The Kier molecular flexibility index (Phi) is 2.38. The van der Waals surface area contributed by atoms with Gasteiger partial charge in [-0.15, -0.1) is 0 Å². The van der Waals surface area contributed by atoms with Gasteiger partial charge in [-0.1, -0.05) is 12.1 Å². The molecule has 1 saturated carbocycles. The lowest BCUT2D eigenvalue weighted by Gasteiger charge is -2.04. The third-order valence-corrected chi connectivity index (χ3v) is 2.98. The standard InChI is InChI=1S/C11H11NO4/c1-6-3-2-4-9(12(15)16)10(6)7-5-8(7)11(13)14/h2-4,7-8H,5H2,1H3,(H,13,14). The zero-order chi connectivity index (χ0) is 11.9. The molecule has 2 rings (SSSR count). The Morgan fingerprint density at radius 3 is 2.75 bits per heavy atom. The number of nitro benzene ring substituents is 1. The van der Waals surface area contributed by atoms with E-state index in [4.69, 9.17) is 5.11 Å². The number of carboxylic acids is 1. The molecule has 0 saturated heterocycles. The van der Waals surface area contributed by atoms with Crippen LogP contribution in [0.25, 0.3) is 0 Å². The van der Waals surface area contributed by atoms with E-state index in [1.807, 2.05) is 0 Å². The van der Waals surface area contributed by atoms with E-state index in [2.05, 4.69) is 0 Å². The molecular weight excluding hydrogens is 210 g/mol. The lowest BCUT2D eigenvalue weighted by molar-refractivity contribution is -0.385. The predicted molar refractivity (Wildman–Crippen MR) is 56.3 cm³/mol. The van der Waals surface area contributed by atoms with Gasteiger partial charge in [0, 0.05) is 17.5 Å². The summed E-state index contributed by atoms with van der Waals surface area (Å²) in [4.78, 5) is 21.2. The first-order valence-corrected chi connectivity index (χ1v) is 4.99. The van der Waals surface area contributed by atoms with E-state index >= 15 is 0 Å². The Morgan fingerprint density at radius 2 is 2.25 bits per heavy atom. The molecule has 0 spiro atoms. The molecule has 5 heteroatoms. The highest BCUT2D eigenvalue weighted by molar-refractivity contribution is 5.76. The number of aryl methyl sites for hydroxylation is 1. The molecule has 0 heterocycles. The van der Waals surface area contributed by atoms with Crippen LogP contribution < -0.4 is 0 Å². The number of benzene rings is 1. The number of carboxylic acid groups (broad SMARTS) is 1. The summed E-state index contributed by atoms with van der Waals surface area (Å²) in [6, 6.07) is 4.83. The van der Waals surface area contributed by atoms with E-state index in [9.17, 15) is 14.9 Å². The van der Waals surface area contributed by atoms with Gasteiger partial charge in [-0.05, 0) is 18.9 Å². The van der Waals surface area contributed by atoms with Crippen molar-refractivity contribution in [2.24, 2.45) is 5.92 Å². The number of aliphatic carboxylic acids is 1. The van der Waals surface area contributed by atoms with Gasteiger partial charge in [0.1, 0.15) is 0 Å². The van der Waals surface area contributed by atoms with Crippen LogP contribution in [0.3, 0.4) is 0 Å². The maximum atomic E-state index is 10.8. The Balaban J connectivity index is 2.41. The zero-order valence-electron chi connectivity index (χ0n) is 8.71. The molecule has 1 aromatic carbocycles. The number of nitro groups is 1. The second-order valence-electron chi connectivity index (χ2n) is 4.05. The molecule has 2 atom stereocenters. The lowest BCUT2D eigenvalue weighted by Crippen LogP contribution is -2.02. The van der Waals surface area contributed by atoms with Gasteiger partial charge in [-0.2, -0.15) is 0 Å². The van der Waals surface area contributed by atoms with Gasteiger partial charge < -0.3 is 5.11 Å². The number of carbonyl (C=O) groups is 1. The van der Waals surface area contributed by atoms with Gasteiger partial charge in [0.05, 0.1) is 10.8 Å². The first-order chi connectivity index (χ1) is 7.52. The Bertz CT molecular complexity index is 469. The van der Waals surface area contributed by atoms with Crippen molar-refractivity contribution < 1.29 is 14.8 Å². The minimum absolute atomic E-state index is 0.0359. The molecule has 0 radical (unpaired) electrons. The smallest absolute Gasteiger partial charge is 0.307 e. The zero-order valence-corrected chi connectivity index (χ0v) is 8.71. The van der Waals surface area contributed by atoms with Crippen LogP contribution >= 0.6 is 0 Å². The largest absolute Gasteiger partial charge is 0.481 e. The van der Waals surface area contributed by atoms with Crippen molar-refractivity contribution in [3.8, 4) is 0 Å². The van der Waals surface area contributed by atoms with Crippen LogP contribution in [0.4, 0.5) is 5.69 Å². The molecule has 1 N–H and O–H groups in total. The van der Waals surface area contributed by atoms with Crippen molar-refractivity contribution in [2.45, 2.75) is 19.3 Å². The van der Waals surface area contributed by atoms with Crippen LogP contribution in [0.2, 0.25) is 0 Å². The van der Waals surface area contributed by atoms with Crippen molar-refractivity contribution >= 4 is 11.7 Å². The maximum absolute atomic E-state index is 10.8. The summed E-state index contributed by atoms with van der Waals surface area (Å²) in [6.07, 6.45) is 0.501. The van der Waals surface area contributed by atoms with Gasteiger partial charge in [0.2, 0.25) is 0 Å². The van der Waals surface area contributed by atoms with Crippen molar-refractivity contribution in [2.75, 3.05) is 0 Å². The molecule has 84 valence electrons. The number of hydrogen-bond donors (Lipinski definition) is 1. The fraction of sp³-hybridized carbons (Fsp3) is 0.364. The van der Waals surface area contributed by atoms with E-state index < -0.39 is 16.8 Å². The molecule has 16 heavy (non-hydrogen) atoms. The minimum Gasteiger partial charge on any atom is -0.481 e. The van der Waals surface area contributed by atoms with Crippen LogP contribution in [0.5, 0.6) is 0 Å². The van der Waals surface area contributed by atoms with E-state index in [1.54, 1.807) is 19.1 Å². The molecule has 1 aromatic rings. The van der Waals surface area contributed by atoms with Crippen molar-refractivity contribution in [1.82, 2.24) is 0 Å². The monoisotopic (exact) mass is 221 g/mol. The van der Waals surface area contributed by atoms with E-state index in [1.165, 1.54) is 6.07 Å². The molecule has 5 nitrogen and oxygen atoms in total. The highest BCUT2D eigenvalue weighted by Crippen LogP contribution is 2.51. The molecule has 1 aliphatic rings. The van der Waals surface area contributed by atoms with Crippen molar-refractivity contribution in [3.63, 3.8) is 0 Å². The topological polar surface area (TPSA) is 80.4 Å². The van der Waals surface area contributed by atoms with Gasteiger partial charge >= 0.3 is 5.97 Å². The van der Waals surface area contributed by atoms with Crippen LogP contribution in [0, 0.1) is 23.0 Å². The summed E-state index contributed by atoms with van der Waals surface area (Å²) in [6.45, 7) is 1.78. The second kappa shape index (κ2) is 3.59. The van der Waals surface area contributed by atoms with Crippen LogP contribution in [-0.2, 0) is 4.79 Å². The molecule has 0 amide bonds. The lowest BCUT2D eigenvalue weighted by atomic mass is 10.0. The number of hydrogen-bond acceptors (Lipinski definition) is 3. The van der Waals surface area contributed by atoms with Gasteiger partial charge in [0.25, 0.3) is 5.69 Å². The third-order valence-electron chi connectivity index (χ3n) is 2.98. The average molecular weight is 221 g/mol. The Labute approximate surface area is 91.9 Å². The molecular formula is C11H11NO4. The third kappa shape index (κ3) is 1.64. The van der Waals surface area contributed by atoms with Crippen molar-refractivity contribution in [1.29, 1.82) is 0 Å². The van der Waals surface area contributed by atoms with Gasteiger partial charge in [-0.25, -0.2) is 0 Å². The van der Waals surface area contributed by atoms with Crippen LogP contribution in [-0.4, -0.2) is 16.0 Å². The fourth-order valence-electron chi connectivity index (χ4n) is 2.09. The second-order valence-corrected chi connectivity index (χ2v) is 4.05. The summed E-state index contributed by atoms with van der Waals surface area (Å²) < 4.78 is 0. The Morgan fingerprint density at radius 1 is 1.56 bits per heavy atom. The van der Waals surface area contributed by atoms with E-state index in [0.29, 0.717) is 12.0 Å². The maximum Gasteiger partial charge on any atom is 0.307 e. The summed E-state index contributed by atoms with van der Waals surface area (Å²) >= 11 is 0. The van der Waals surface area contributed by atoms with Gasteiger partial charge in [-0.3, -0.25) is 14.9 Å². The highest BCUT2D eigenvalue weighted by atomic mass is 16.6. The Hall–Kier alpha value is -1.91. The molecule has 0 aliphatic heterocycles. The van der Waals surface area contributed by atoms with Crippen LogP contribution in [0.1, 0.15) is 23.5 Å². The summed E-state index contributed by atoms with van der Waals surface area (Å²) in [5, 5.41) is 19.7. The SMILES string of the molecule is Cc1cccc([N+](=O)[O-])c1C1CC1C(=O)O. The van der Waals surface area contributed by atoms with E-state index in [-0.39, 0.29) is 11.6 Å². The predicted octanol–water partition coefficient (Wildman–Crippen LogP) is 2.09. The average Bonchev–Trinajstić information content (AvgIpc) is 2.96. The first-order valence-electron chi connectivity index (χ1n) is 4.99.